The van der Waals surface area contributed by atoms with Crippen LogP contribution in [0.3, 0.4) is 0 Å². The van der Waals surface area contributed by atoms with Gasteiger partial charge in [-0.15, -0.1) is 10.2 Å². The Morgan fingerprint density at radius 3 is 1.01 bits per heavy atom. The number of benzene rings is 1. The Bertz CT molecular complexity index is 4070. The quantitative estimate of drug-likeness (QED) is 0.00581. The first-order valence-electron chi connectivity index (χ1n) is 49.5. The van der Waals surface area contributed by atoms with Gasteiger partial charge in [0.05, 0.1) is 25.5 Å². The number of esters is 3. The molecule has 2 heterocycles. The number of azide groups is 1. The van der Waals surface area contributed by atoms with Crippen LogP contribution < -0.4 is 31.9 Å². The van der Waals surface area contributed by atoms with E-state index in [4.69, 9.17) is 14.2 Å². The highest BCUT2D eigenvalue weighted by Gasteiger charge is 2.34. The number of carbonyl (C=O) groups is 13. The van der Waals surface area contributed by atoms with E-state index in [1.807, 2.05) is 27.0 Å². The molecule has 4 atom stereocenters. The predicted octanol–water partition coefficient (Wildman–Crippen LogP) is 21.3. The molecule has 0 unspecified atom stereocenters. The molecule has 31 nitrogen and oxygen atoms in total. The van der Waals surface area contributed by atoms with E-state index in [9.17, 15) is 67.9 Å². The van der Waals surface area contributed by atoms with Crippen molar-refractivity contribution in [1.82, 2.24) is 61.9 Å². The molecule has 0 fully saturated rings. The van der Waals surface area contributed by atoms with Gasteiger partial charge in [0.2, 0.25) is 11.8 Å². The summed E-state index contributed by atoms with van der Waals surface area (Å²) in [6, 6.07) is 1.48. The number of hydrogen-bond acceptors (Lipinski definition) is 21. The summed E-state index contributed by atoms with van der Waals surface area (Å²) in [6.07, 6.45) is 33.6. The fraction of sp³-hybridized carbons (Fsp3) is 0.772. The van der Waals surface area contributed by atoms with Crippen molar-refractivity contribution in [3.63, 3.8) is 0 Å². The molecule has 132 heavy (non-hydrogen) atoms. The van der Waals surface area contributed by atoms with Gasteiger partial charge in [0.15, 0.2) is 11.6 Å². The summed E-state index contributed by atoms with van der Waals surface area (Å²) < 4.78 is 20.1. The topological polar surface area (TPSA) is 432 Å². The number of nitrogens with zero attached hydrogens (tertiary/aromatic N) is 9. The van der Waals surface area contributed by atoms with Gasteiger partial charge in [0.1, 0.15) is 63.4 Å². The van der Waals surface area contributed by atoms with E-state index < -0.39 is 58.9 Å². The monoisotopic (exact) mass is 1850 g/mol. The number of Topliss-reactive ketones (excluding diaryl/α,β-unsaturated/α-hetero) is 6. The first kappa shape index (κ1) is 117. The number of hydrogen-bond donors (Lipinski definition) is 6. The molecule has 1 aromatic carbocycles. The summed E-state index contributed by atoms with van der Waals surface area (Å²) in [5.74, 6) is -1.10. The second-order valence-corrected chi connectivity index (χ2v) is 42.4. The summed E-state index contributed by atoms with van der Waals surface area (Å²) in [4.78, 5) is 171. The molecule has 0 aliphatic rings. The first-order chi connectivity index (χ1) is 62.0. The van der Waals surface area contributed by atoms with Crippen molar-refractivity contribution in [1.29, 1.82) is 0 Å². The number of rotatable bonds is 70. The van der Waals surface area contributed by atoms with Gasteiger partial charge in [-0.3, -0.25) is 52.5 Å². The van der Waals surface area contributed by atoms with E-state index in [2.05, 4.69) is 104 Å². The minimum atomic E-state index is -1.06. The smallest absolute Gasteiger partial charge is 0.329 e. The number of aromatic nitrogens is 6. The third kappa shape index (κ3) is 58.7. The van der Waals surface area contributed by atoms with E-state index in [0.29, 0.717) is 145 Å². The predicted molar refractivity (Wildman–Crippen MR) is 514 cm³/mol. The van der Waals surface area contributed by atoms with Gasteiger partial charge in [-0.2, -0.15) is 0 Å². The van der Waals surface area contributed by atoms with Crippen molar-refractivity contribution < 1.29 is 76.5 Å². The van der Waals surface area contributed by atoms with Crippen molar-refractivity contribution >= 4 is 82.2 Å². The van der Waals surface area contributed by atoms with Crippen molar-refractivity contribution in [3.05, 3.63) is 63.6 Å². The van der Waals surface area contributed by atoms with Crippen LogP contribution in [0.5, 0.6) is 0 Å². The Labute approximate surface area is 788 Å². The van der Waals surface area contributed by atoms with Crippen LogP contribution in [0.25, 0.3) is 10.4 Å². The van der Waals surface area contributed by atoms with E-state index in [1.165, 1.54) is 12.1 Å². The summed E-state index contributed by atoms with van der Waals surface area (Å²) in [6.45, 7) is 36.5. The van der Waals surface area contributed by atoms with Crippen molar-refractivity contribution in [3.8, 4) is 0 Å². The van der Waals surface area contributed by atoms with Crippen LogP contribution in [-0.2, 0) is 83.5 Å². The lowest BCUT2D eigenvalue weighted by Crippen LogP contribution is -2.53. The third-order valence-corrected chi connectivity index (χ3v) is 22.8. The van der Waals surface area contributed by atoms with Crippen LogP contribution in [0.4, 0.5) is 15.3 Å². The van der Waals surface area contributed by atoms with Gasteiger partial charge < -0.3 is 46.1 Å². The van der Waals surface area contributed by atoms with Gasteiger partial charge >= 0.3 is 30.0 Å². The molecule has 0 saturated carbocycles. The molecule has 0 aliphatic carbocycles. The highest BCUT2D eigenvalue weighted by molar-refractivity contribution is 6.02. The molecule has 6 amide bonds. The first-order valence-corrected chi connectivity index (χ1v) is 49.5. The van der Waals surface area contributed by atoms with Crippen LogP contribution in [0.1, 0.15) is 452 Å². The molecule has 0 spiro atoms. The minimum absolute atomic E-state index is 0.0181. The van der Waals surface area contributed by atoms with Crippen LogP contribution in [-0.4, -0.2) is 147 Å². The number of urea groups is 2. The molecule has 3 rings (SSSR count). The van der Waals surface area contributed by atoms with Crippen LogP contribution in [0.2, 0.25) is 0 Å². The van der Waals surface area contributed by atoms with Gasteiger partial charge in [-0.1, -0.05) is 155 Å². The van der Waals surface area contributed by atoms with Gasteiger partial charge in [-0.25, -0.2) is 19.2 Å². The van der Waals surface area contributed by atoms with Crippen molar-refractivity contribution in [2.45, 2.75) is 487 Å². The van der Waals surface area contributed by atoms with E-state index in [-0.39, 0.29) is 119 Å². The highest BCUT2D eigenvalue weighted by atomic mass is 16.6. The lowest BCUT2D eigenvalue weighted by Gasteiger charge is -2.34. The van der Waals surface area contributed by atoms with Gasteiger partial charge in [-0.05, 0) is 237 Å². The van der Waals surface area contributed by atoms with Gasteiger partial charge in [0.25, 0.3) is 0 Å². The summed E-state index contributed by atoms with van der Waals surface area (Å²) >= 11 is 0. The minimum Gasteiger partial charge on any atom is -0.460 e. The van der Waals surface area contributed by atoms with E-state index in [0.717, 1.165) is 161 Å². The standard InChI is InChI=1S/C101H169N15O16/c1-96(2,3)64-63-88(98(7,8)9)108-94(128)105-83(92(126)131-100(13,14)15)55-43-45-65-115-72-77(110-113-115)70-103-89(123)59-41-29-25-37-53-81(119)49-33-21-19-31-47-79(117)51-35-23-27-39-56-85(121)74-67-75(69-76(68-74)109-112-102)86(122)57-40-28-24-36-52-80(118)48-32-20-22-34-50-82(120)54-38-26-30-42-60-90(124)104-71-78-73-116(114-111-78)66-46-44-58-87(97(4,5)6)107-95(129)106-84(93(127)132-101(16,17)18)61-62-91(125)130-99(10,11)12/h67-69,72-73,83-84,87-88H,19-66,70-71H2,1-18H3,(H,103,123)(H,104,124)(H2,105,108,128)(H2,106,107,129)/t83-,84-,87-,88-/m0/s1. The zero-order valence-corrected chi connectivity index (χ0v) is 84.1. The second kappa shape index (κ2) is 62.3. The van der Waals surface area contributed by atoms with Crippen LogP contribution in [0.15, 0.2) is 35.7 Å². The maximum atomic E-state index is 13.3. The molecule has 0 saturated heterocycles. The lowest BCUT2D eigenvalue weighted by molar-refractivity contribution is -0.159. The maximum Gasteiger partial charge on any atom is 0.329 e. The number of ether oxygens (including phenoxy) is 3. The average molecular weight is 1850 g/mol. The SMILES string of the molecule is CC(C)(C)CC[C@H](NC(=O)N[C@@H](CCCCn1cc(CNC(=O)CCCCCCC(=O)CCCCCCC(=O)CCCCCCC(=O)c2cc(N=[N+]=[N-])cc(C(=O)CCCCCCC(=O)CCCCCCC(=O)CCCCCCC(=O)NCc3cn(CCCC[C@H](NC(=O)N[C@@H](CCC(=O)OC(C)(C)C)C(=O)OC(C)(C)C)C(C)(C)C)nn3)c2)nn1)C(=O)OC(C)(C)C)C(C)(C)C. The number of aryl methyl sites for hydroxylation is 2. The number of carbonyl (C=O) groups excluding carboxylic acids is 13. The Hall–Kier alpha value is -9.28. The Morgan fingerprint density at radius 2 is 0.682 bits per heavy atom. The number of ketones is 6. The van der Waals surface area contributed by atoms with Crippen LogP contribution in [0, 0.1) is 16.2 Å². The lowest BCUT2D eigenvalue weighted by atomic mass is 9.80. The molecule has 0 aliphatic heterocycles. The zero-order chi connectivity index (χ0) is 98.4. The molecule has 0 radical (unpaired) electrons. The highest BCUT2D eigenvalue weighted by Crippen LogP contribution is 2.31. The average Bonchev–Trinajstić information content (AvgIpc) is 1.15. The zero-order valence-electron chi connectivity index (χ0n) is 84.1. The largest absolute Gasteiger partial charge is 0.460 e. The number of amides is 6. The molecule has 744 valence electrons. The van der Waals surface area contributed by atoms with E-state index >= 15 is 0 Å². The second-order valence-electron chi connectivity index (χ2n) is 42.4. The molecule has 3 aromatic rings. The fourth-order valence-electron chi connectivity index (χ4n) is 15.2. The summed E-state index contributed by atoms with van der Waals surface area (Å²) in [5, 5.41) is 38.2. The van der Waals surface area contributed by atoms with Crippen molar-refractivity contribution in [2.24, 2.45) is 21.4 Å². The maximum absolute atomic E-state index is 13.3. The molecule has 2 aromatic heterocycles. The molecular formula is C101H169N15O16. The summed E-state index contributed by atoms with van der Waals surface area (Å²) in [5.41, 5.74) is 8.76. The normalized spacial score (nSPS) is 12.9. The molecule has 31 heteroatoms. The van der Waals surface area contributed by atoms with Gasteiger partial charge in [0, 0.05) is 130 Å². The molecular weight excluding hydrogens is 1680 g/mol. The fourth-order valence-corrected chi connectivity index (χ4v) is 15.2. The number of nitrogens with one attached hydrogen (secondary N) is 6. The molecule has 0 bridgehead atoms. The van der Waals surface area contributed by atoms with Crippen molar-refractivity contribution in [2.75, 3.05) is 0 Å². The number of unbranched alkanes of at least 4 members (excludes halogenated alkanes) is 20. The summed E-state index contributed by atoms with van der Waals surface area (Å²) in [7, 11) is 0. The molecule has 6 N–H and O–H groups in total. The Kier molecular flexibility index (Phi) is 55.2. The third-order valence-electron chi connectivity index (χ3n) is 22.8. The van der Waals surface area contributed by atoms with Crippen LogP contribution >= 0.6 is 0 Å². The Balaban J connectivity index is 1.15. The van der Waals surface area contributed by atoms with E-state index in [1.54, 1.807) is 83.9 Å². The Morgan fingerprint density at radius 1 is 0.364 bits per heavy atom.